The Morgan fingerprint density at radius 3 is 2.94 bits per heavy atom. The van der Waals surface area contributed by atoms with Crippen molar-refractivity contribution in [3.8, 4) is 0 Å². The molecule has 1 saturated heterocycles. The zero-order valence-corrected chi connectivity index (χ0v) is 11.6. The molecule has 1 aromatic heterocycles. The second-order valence-electron chi connectivity index (χ2n) is 6.00. The highest BCUT2D eigenvalue weighted by Crippen LogP contribution is 2.52. The Balaban J connectivity index is 1.77. The summed E-state index contributed by atoms with van der Waals surface area (Å²) in [5.74, 6) is 0.695. The molecule has 2 atom stereocenters. The van der Waals surface area contributed by atoms with Gasteiger partial charge in [-0.1, -0.05) is 12.8 Å². The van der Waals surface area contributed by atoms with E-state index >= 15 is 0 Å². The normalized spacial score (nSPS) is 34.0. The Hall–Kier alpha value is -0.380. The van der Waals surface area contributed by atoms with Crippen LogP contribution in [-0.2, 0) is 10.3 Å². The molecule has 0 bridgehead atoms. The Labute approximate surface area is 113 Å². The lowest BCUT2D eigenvalue weighted by molar-refractivity contribution is -0.143. The Morgan fingerprint density at radius 2 is 2.06 bits per heavy atom. The van der Waals surface area contributed by atoms with E-state index in [0.29, 0.717) is 12.0 Å². The maximum atomic E-state index is 6.67. The molecule has 2 fully saturated rings. The molecule has 0 aromatic carbocycles. The van der Waals surface area contributed by atoms with E-state index in [9.17, 15) is 0 Å². The first-order valence-electron chi connectivity index (χ1n) is 7.35. The van der Waals surface area contributed by atoms with Crippen LogP contribution in [0.5, 0.6) is 0 Å². The SMILES string of the molecule is c1cc2c(s1)C1(CCNCC1)OC1CCCCC21. The predicted molar refractivity (Wildman–Crippen MR) is 74.2 cm³/mol. The second-order valence-corrected chi connectivity index (χ2v) is 6.91. The van der Waals surface area contributed by atoms with E-state index in [1.54, 1.807) is 10.4 Å². The summed E-state index contributed by atoms with van der Waals surface area (Å²) in [6.45, 7) is 2.21. The molecular weight excluding hydrogens is 242 g/mol. The van der Waals surface area contributed by atoms with Crippen LogP contribution < -0.4 is 5.32 Å². The topological polar surface area (TPSA) is 21.3 Å². The van der Waals surface area contributed by atoms with Crippen LogP contribution in [0.3, 0.4) is 0 Å². The number of piperidine rings is 1. The van der Waals surface area contributed by atoms with Gasteiger partial charge in [-0.3, -0.25) is 0 Å². The number of nitrogens with one attached hydrogen (secondary N) is 1. The molecule has 3 heteroatoms. The van der Waals surface area contributed by atoms with Crippen LogP contribution >= 0.6 is 11.3 Å². The number of fused-ring (bicyclic) bond motifs is 4. The van der Waals surface area contributed by atoms with Crippen LogP contribution in [0, 0.1) is 0 Å². The van der Waals surface area contributed by atoms with Crippen LogP contribution in [0.15, 0.2) is 11.4 Å². The van der Waals surface area contributed by atoms with Gasteiger partial charge in [0.1, 0.15) is 5.60 Å². The molecule has 4 rings (SSSR count). The van der Waals surface area contributed by atoms with Gasteiger partial charge in [-0.2, -0.15) is 0 Å². The van der Waals surface area contributed by atoms with E-state index < -0.39 is 0 Å². The summed E-state index contributed by atoms with van der Waals surface area (Å²) in [5, 5.41) is 5.76. The van der Waals surface area contributed by atoms with E-state index in [1.165, 1.54) is 25.7 Å². The minimum Gasteiger partial charge on any atom is -0.365 e. The standard InChI is InChI=1S/C15H21NOS/c1-2-4-13-11(3-1)12-5-10-18-14(12)15(17-13)6-8-16-9-7-15/h5,10-11,13,16H,1-4,6-9H2. The van der Waals surface area contributed by atoms with E-state index in [1.807, 2.05) is 11.3 Å². The summed E-state index contributed by atoms with van der Waals surface area (Å²) in [5.41, 5.74) is 1.70. The molecule has 1 spiro atoms. The fourth-order valence-electron chi connectivity index (χ4n) is 4.09. The van der Waals surface area contributed by atoms with Gasteiger partial charge in [-0.15, -0.1) is 11.3 Å². The number of thiophene rings is 1. The van der Waals surface area contributed by atoms with Gasteiger partial charge >= 0.3 is 0 Å². The van der Waals surface area contributed by atoms with Gasteiger partial charge in [0.2, 0.25) is 0 Å². The van der Waals surface area contributed by atoms with Crippen molar-refractivity contribution in [3.05, 3.63) is 21.9 Å². The molecular formula is C15H21NOS. The highest BCUT2D eigenvalue weighted by Gasteiger charge is 2.47. The van der Waals surface area contributed by atoms with Gasteiger partial charge in [0, 0.05) is 10.8 Å². The third-order valence-electron chi connectivity index (χ3n) is 5.00. The van der Waals surface area contributed by atoms with Crippen LogP contribution in [0.2, 0.25) is 0 Å². The predicted octanol–water partition coefficient (Wildman–Crippen LogP) is 3.38. The van der Waals surface area contributed by atoms with Crippen molar-refractivity contribution < 1.29 is 4.74 Å². The van der Waals surface area contributed by atoms with Crippen molar-refractivity contribution in [3.63, 3.8) is 0 Å². The fourth-order valence-corrected chi connectivity index (χ4v) is 5.27. The molecule has 18 heavy (non-hydrogen) atoms. The molecule has 2 aliphatic heterocycles. The molecule has 1 aliphatic carbocycles. The fraction of sp³-hybridized carbons (Fsp3) is 0.733. The van der Waals surface area contributed by atoms with E-state index in [2.05, 4.69) is 16.8 Å². The highest BCUT2D eigenvalue weighted by molar-refractivity contribution is 7.10. The summed E-state index contributed by atoms with van der Waals surface area (Å²) >= 11 is 1.93. The second kappa shape index (κ2) is 4.32. The van der Waals surface area contributed by atoms with Crippen molar-refractivity contribution in [2.75, 3.05) is 13.1 Å². The van der Waals surface area contributed by atoms with Crippen LogP contribution in [0.25, 0.3) is 0 Å². The molecule has 3 aliphatic rings. The van der Waals surface area contributed by atoms with Gasteiger partial charge in [0.25, 0.3) is 0 Å². The van der Waals surface area contributed by atoms with Gasteiger partial charge < -0.3 is 10.1 Å². The third kappa shape index (κ3) is 1.60. The summed E-state index contributed by atoms with van der Waals surface area (Å²) in [7, 11) is 0. The van der Waals surface area contributed by atoms with Crippen LogP contribution in [-0.4, -0.2) is 19.2 Å². The van der Waals surface area contributed by atoms with Crippen LogP contribution in [0.1, 0.15) is 54.9 Å². The maximum absolute atomic E-state index is 6.67. The molecule has 0 amide bonds. The van der Waals surface area contributed by atoms with E-state index in [-0.39, 0.29) is 5.60 Å². The third-order valence-corrected chi connectivity index (χ3v) is 6.12. The molecule has 2 unspecified atom stereocenters. The molecule has 1 aromatic rings. The summed E-state index contributed by atoms with van der Waals surface area (Å²) in [6, 6.07) is 2.38. The first kappa shape index (κ1) is 11.4. The van der Waals surface area contributed by atoms with Crippen molar-refractivity contribution in [2.24, 2.45) is 0 Å². The Bertz CT molecular complexity index is 435. The van der Waals surface area contributed by atoms with E-state index in [0.717, 1.165) is 25.9 Å². The molecule has 2 nitrogen and oxygen atoms in total. The average molecular weight is 263 g/mol. The quantitative estimate of drug-likeness (QED) is 0.775. The van der Waals surface area contributed by atoms with Crippen molar-refractivity contribution >= 4 is 11.3 Å². The number of hydrogen-bond donors (Lipinski definition) is 1. The van der Waals surface area contributed by atoms with Crippen molar-refractivity contribution in [1.29, 1.82) is 0 Å². The molecule has 98 valence electrons. The first-order chi connectivity index (χ1) is 8.89. The first-order valence-corrected chi connectivity index (χ1v) is 8.23. The zero-order chi connectivity index (χ0) is 12.0. The average Bonchev–Trinajstić information content (AvgIpc) is 2.90. The van der Waals surface area contributed by atoms with Gasteiger partial charge in [0.15, 0.2) is 0 Å². The summed E-state index contributed by atoms with van der Waals surface area (Å²) in [4.78, 5) is 1.56. The smallest absolute Gasteiger partial charge is 0.105 e. The lowest BCUT2D eigenvalue weighted by Gasteiger charge is -2.48. The lowest BCUT2D eigenvalue weighted by atomic mass is 9.75. The minimum absolute atomic E-state index is 0.0628. The monoisotopic (exact) mass is 263 g/mol. The lowest BCUT2D eigenvalue weighted by Crippen LogP contribution is -2.48. The zero-order valence-electron chi connectivity index (χ0n) is 10.8. The summed E-state index contributed by atoms with van der Waals surface area (Å²) < 4.78 is 6.67. The molecule has 1 saturated carbocycles. The molecule has 1 N–H and O–H groups in total. The largest absolute Gasteiger partial charge is 0.365 e. The molecule has 0 radical (unpaired) electrons. The summed E-state index contributed by atoms with van der Waals surface area (Å²) in [6.07, 6.45) is 8.16. The Kier molecular flexibility index (Phi) is 2.75. The Morgan fingerprint density at radius 1 is 1.22 bits per heavy atom. The number of hydrogen-bond acceptors (Lipinski definition) is 3. The van der Waals surface area contributed by atoms with Crippen molar-refractivity contribution in [2.45, 2.75) is 56.1 Å². The minimum atomic E-state index is 0.0628. The van der Waals surface area contributed by atoms with Crippen LogP contribution in [0.4, 0.5) is 0 Å². The van der Waals surface area contributed by atoms with Gasteiger partial charge in [-0.25, -0.2) is 0 Å². The van der Waals surface area contributed by atoms with Gasteiger partial charge in [-0.05, 0) is 55.8 Å². The molecule has 3 heterocycles. The van der Waals surface area contributed by atoms with Crippen molar-refractivity contribution in [1.82, 2.24) is 5.32 Å². The van der Waals surface area contributed by atoms with Gasteiger partial charge in [0.05, 0.1) is 6.10 Å². The number of ether oxygens (including phenoxy) is 1. The van der Waals surface area contributed by atoms with E-state index in [4.69, 9.17) is 4.74 Å². The highest BCUT2D eigenvalue weighted by atomic mass is 32.1. The maximum Gasteiger partial charge on any atom is 0.105 e. The number of rotatable bonds is 0.